The van der Waals surface area contributed by atoms with Gasteiger partial charge in [-0.15, -0.1) is 0 Å². The van der Waals surface area contributed by atoms with E-state index in [2.05, 4.69) is 44.3 Å². The van der Waals surface area contributed by atoms with Gasteiger partial charge in [-0.2, -0.15) is 0 Å². The van der Waals surface area contributed by atoms with Gasteiger partial charge in [-0.3, -0.25) is 0 Å². The van der Waals surface area contributed by atoms with Crippen LogP contribution in [0.4, 0.5) is 0 Å². The fourth-order valence-electron chi connectivity index (χ4n) is 3.00. The first-order chi connectivity index (χ1) is 8.11. The van der Waals surface area contributed by atoms with Crippen molar-refractivity contribution < 1.29 is 4.74 Å². The Hall–Kier alpha value is -0.860. The van der Waals surface area contributed by atoms with Crippen molar-refractivity contribution in [3.8, 4) is 0 Å². The molecule has 1 heterocycles. The quantitative estimate of drug-likeness (QED) is 0.866. The molecule has 2 heteroatoms. The van der Waals surface area contributed by atoms with Gasteiger partial charge >= 0.3 is 0 Å². The third kappa shape index (κ3) is 2.70. The molecular formula is C15H23NO. The molecule has 2 nitrogen and oxygen atoms in total. The standard InChI is InChI=1S/C15H23NO/c1-10-7-11(2)9-13(8-10)15(16-4)14-5-6-17-12(14)3/h7-9,12,14-16H,5-6H2,1-4H3. The van der Waals surface area contributed by atoms with Crippen molar-refractivity contribution in [3.05, 3.63) is 34.9 Å². The molecule has 17 heavy (non-hydrogen) atoms. The van der Waals surface area contributed by atoms with E-state index in [4.69, 9.17) is 4.74 Å². The molecule has 0 amide bonds. The Kier molecular flexibility index (Phi) is 3.85. The van der Waals surface area contributed by atoms with E-state index in [1.165, 1.54) is 16.7 Å². The van der Waals surface area contributed by atoms with Crippen molar-refractivity contribution in [3.63, 3.8) is 0 Å². The van der Waals surface area contributed by atoms with Gasteiger partial charge in [0.15, 0.2) is 0 Å². The molecule has 1 aliphatic rings. The zero-order valence-electron chi connectivity index (χ0n) is 11.3. The van der Waals surface area contributed by atoms with Gasteiger partial charge in [0.05, 0.1) is 6.10 Å². The maximum atomic E-state index is 5.69. The Balaban J connectivity index is 2.28. The molecule has 0 spiro atoms. The van der Waals surface area contributed by atoms with Gasteiger partial charge in [-0.05, 0) is 39.8 Å². The van der Waals surface area contributed by atoms with Crippen molar-refractivity contribution in [1.82, 2.24) is 5.32 Å². The molecule has 0 aromatic heterocycles. The van der Waals surface area contributed by atoms with Crippen LogP contribution in [0.1, 0.15) is 36.1 Å². The highest BCUT2D eigenvalue weighted by Crippen LogP contribution is 2.33. The molecule has 1 aliphatic heterocycles. The number of aryl methyl sites for hydroxylation is 2. The van der Waals surface area contributed by atoms with Crippen LogP contribution in [-0.4, -0.2) is 19.8 Å². The minimum atomic E-state index is 0.355. The van der Waals surface area contributed by atoms with Crippen LogP contribution in [0.3, 0.4) is 0 Å². The van der Waals surface area contributed by atoms with Gasteiger partial charge < -0.3 is 10.1 Å². The number of hydrogen-bond donors (Lipinski definition) is 1. The lowest BCUT2D eigenvalue weighted by atomic mass is 9.87. The average Bonchev–Trinajstić information content (AvgIpc) is 2.65. The fourth-order valence-corrected chi connectivity index (χ4v) is 3.00. The Morgan fingerprint density at radius 3 is 2.35 bits per heavy atom. The highest BCUT2D eigenvalue weighted by Gasteiger charge is 2.31. The third-order valence-corrected chi connectivity index (χ3v) is 3.78. The zero-order valence-corrected chi connectivity index (χ0v) is 11.3. The van der Waals surface area contributed by atoms with Gasteiger partial charge in [-0.25, -0.2) is 0 Å². The molecule has 0 bridgehead atoms. The van der Waals surface area contributed by atoms with Crippen LogP contribution in [-0.2, 0) is 4.74 Å². The molecule has 0 saturated carbocycles. The first-order valence-electron chi connectivity index (χ1n) is 6.49. The molecule has 1 fully saturated rings. The van der Waals surface area contributed by atoms with Crippen molar-refractivity contribution >= 4 is 0 Å². The van der Waals surface area contributed by atoms with Crippen molar-refractivity contribution in [1.29, 1.82) is 0 Å². The van der Waals surface area contributed by atoms with Gasteiger partial charge in [-0.1, -0.05) is 29.3 Å². The zero-order chi connectivity index (χ0) is 12.4. The third-order valence-electron chi connectivity index (χ3n) is 3.78. The second kappa shape index (κ2) is 5.19. The van der Waals surface area contributed by atoms with Crippen molar-refractivity contribution in [2.24, 2.45) is 5.92 Å². The Bertz CT molecular complexity index is 368. The van der Waals surface area contributed by atoms with Crippen molar-refractivity contribution in [2.75, 3.05) is 13.7 Å². The molecule has 1 saturated heterocycles. The summed E-state index contributed by atoms with van der Waals surface area (Å²) in [4.78, 5) is 0. The predicted molar refractivity (Wildman–Crippen MR) is 71.2 cm³/mol. The summed E-state index contributed by atoms with van der Waals surface area (Å²) in [5.41, 5.74) is 4.07. The highest BCUT2D eigenvalue weighted by molar-refractivity contribution is 5.31. The minimum Gasteiger partial charge on any atom is -0.378 e. The maximum absolute atomic E-state index is 5.69. The van der Waals surface area contributed by atoms with E-state index in [0.717, 1.165) is 13.0 Å². The first-order valence-corrected chi connectivity index (χ1v) is 6.49. The number of benzene rings is 1. The molecule has 0 radical (unpaired) electrons. The Morgan fingerprint density at radius 1 is 1.24 bits per heavy atom. The summed E-state index contributed by atoms with van der Waals surface area (Å²) in [6.07, 6.45) is 1.51. The Morgan fingerprint density at radius 2 is 1.88 bits per heavy atom. The molecule has 94 valence electrons. The fraction of sp³-hybridized carbons (Fsp3) is 0.600. The van der Waals surface area contributed by atoms with E-state index in [1.54, 1.807) is 0 Å². The summed E-state index contributed by atoms with van der Waals surface area (Å²) in [5, 5.41) is 3.47. The lowest BCUT2D eigenvalue weighted by molar-refractivity contribution is 0.0963. The smallest absolute Gasteiger partial charge is 0.0594 e. The molecule has 2 rings (SSSR count). The highest BCUT2D eigenvalue weighted by atomic mass is 16.5. The lowest BCUT2D eigenvalue weighted by Crippen LogP contribution is -2.29. The van der Waals surface area contributed by atoms with Crippen molar-refractivity contribution in [2.45, 2.75) is 39.3 Å². The van der Waals surface area contributed by atoms with E-state index >= 15 is 0 Å². The number of hydrogen-bond acceptors (Lipinski definition) is 2. The van der Waals surface area contributed by atoms with Crippen LogP contribution >= 0.6 is 0 Å². The molecule has 3 atom stereocenters. The van der Waals surface area contributed by atoms with Crippen LogP contribution < -0.4 is 5.32 Å². The molecule has 1 N–H and O–H groups in total. The summed E-state index contributed by atoms with van der Waals surface area (Å²) in [5.74, 6) is 0.584. The molecule has 3 unspecified atom stereocenters. The normalized spacial score (nSPS) is 26.1. The summed E-state index contributed by atoms with van der Waals surface area (Å²) >= 11 is 0. The van der Waals surface area contributed by atoms with Gasteiger partial charge in [0.1, 0.15) is 0 Å². The van der Waals surface area contributed by atoms with E-state index in [0.29, 0.717) is 18.1 Å². The molecule has 1 aromatic carbocycles. The summed E-state index contributed by atoms with van der Waals surface area (Å²) in [6.45, 7) is 7.41. The number of rotatable bonds is 3. The van der Waals surface area contributed by atoms with E-state index < -0.39 is 0 Å². The number of ether oxygens (including phenoxy) is 1. The largest absolute Gasteiger partial charge is 0.378 e. The van der Waals surface area contributed by atoms with Crippen LogP contribution in [0.5, 0.6) is 0 Å². The molecule has 0 aliphatic carbocycles. The van der Waals surface area contributed by atoms with Gasteiger partial charge in [0, 0.05) is 18.6 Å². The first kappa shape index (κ1) is 12.6. The number of nitrogens with one attached hydrogen (secondary N) is 1. The lowest BCUT2D eigenvalue weighted by Gasteiger charge is -2.26. The van der Waals surface area contributed by atoms with Crippen LogP contribution in [0.15, 0.2) is 18.2 Å². The maximum Gasteiger partial charge on any atom is 0.0594 e. The van der Waals surface area contributed by atoms with Crippen LogP contribution in [0.2, 0.25) is 0 Å². The van der Waals surface area contributed by atoms with Crippen LogP contribution in [0, 0.1) is 19.8 Å². The summed E-state index contributed by atoms with van der Waals surface area (Å²) in [7, 11) is 2.05. The monoisotopic (exact) mass is 233 g/mol. The second-order valence-corrected chi connectivity index (χ2v) is 5.22. The van der Waals surface area contributed by atoms with E-state index in [9.17, 15) is 0 Å². The predicted octanol–water partition coefficient (Wildman–Crippen LogP) is 2.99. The molecule has 1 aromatic rings. The topological polar surface area (TPSA) is 21.3 Å². The van der Waals surface area contributed by atoms with E-state index in [-0.39, 0.29) is 0 Å². The Labute approximate surface area is 104 Å². The summed E-state index contributed by atoms with van der Waals surface area (Å²) < 4.78 is 5.69. The van der Waals surface area contributed by atoms with E-state index in [1.807, 2.05) is 7.05 Å². The average molecular weight is 233 g/mol. The minimum absolute atomic E-state index is 0.355. The van der Waals surface area contributed by atoms with Crippen LogP contribution in [0.25, 0.3) is 0 Å². The second-order valence-electron chi connectivity index (χ2n) is 5.22. The summed E-state index contributed by atoms with van der Waals surface area (Å²) in [6, 6.07) is 7.22. The molecular weight excluding hydrogens is 210 g/mol. The SMILES string of the molecule is CNC(c1cc(C)cc(C)c1)C1CCOC1C. The van der Waals surface area contributed by atoms with Gasteiger partial charge in [0.2, 0.25) is 0 Å². The van der Waals surface area contributed by atoms with Gasteiger partial charge in [0.25, 0.3) is 0 Å².